The normalized spacial score (nSPS) is 11.3. The number of hydrogen-bond acceptors (Lipinski definition) is 3. The molecule has 0 atom stereocenters. The van der Waals surface area contributed by atoms with Crippen LogP contribution in [-0.4, -0.2) is 17.4 Å². The number of anilines is 1. The molecule has 100 valence electrons. The van der Waals surface area contributed by atoms with E-state index >= 15 is 0 Å². The molecular weight excluding hydrogens is 233 g/mol. The standard InChI is InChI=1S/C13H20FN3O/c1-13(2,6-7-15)5-3-12(18)17-11-4-8-16-9-10(11)14/h4,8-9H,3,5-7,15H2,1-2H3,(H,16,17,18). The van der Waals surface area contributed by atoms with Crippen LogP contribution < -0.4 is 11.1 Å². The third-order valence-corrected chi connectivity index (χ3v) is 2.90. The zero-order valence-electron chi connectivity index (χ0n) is 10.9. The number of pyridine rings is 1. The van der Waals surface area contributed by atoms with Gasteiger partial charge in [-0.05, 0) is 30.9 Å². The summed E-state index contributed by atoms with van der Waals surface area (Å²) in [6.45, 7) is 4.74. The molecular formula is C13H20FN3O. The monoisotopic (exact) mass is 253 g/mol. The summed E-state index contributed by atoms with van der Waals surface area (Å²) >= 11 is 0. The van der Waals surface area contributed by atoms with Gasteiger partial charge in [-0.3, -0.25) is 9.78 Å². The number of nitrogens with one attached hydrogen (secondary N) is 1. The molecule has 5 heteroatoms. The van der Waals surface area contributed by atoms with Crippen molar-refractivity contribution in [3.8, 4) is 0 Å². The van der Waals surface area contributed by atoms with Crippen molar-refractivity contribution in [3.63, 3.8) is 0 Å². The second kappa shape index (κ2) is 6.44. The van der Waals surface area contributed by atoms with Gasteiger partial charge in [0, 0.05) is 12.6 Å². The molecule has 1 aromatic heterocycles. The first kappa shape index (κ1) is 14.6. The fourth-order valence-electron chi connectivity index (χ4n) is 1.66. The highest BCUT2D eigenvalue weighted by Gasteiger charge is 2.18. The fraction of sp³-hybridized carbons (Fsp3) is 0.538. The summed E-state index contributed by atoms with van der Waals surface area (Å²) in [5.74, 6) is -0.711. The number of carbonyl (C=O) groups is 1. The maximum absolute atomic E-state index is 13.3. The van der Waals surface area contributed by atoms with Crippen molar-refractivity contribution in [2.45, 2.75) is 33.1 Å². The average molecular weight is 253 g/mol. The fourth-order valence-corrected chi connectivity index (χ4v) is 1.66. The Morgan fingerprint density at radius 2 is 2.22 bits per heavy atom. The highest BCUT2D eigenvalue weighted by Crippen LogP contribution is 2.26. The van der Waals surface area contributed by atoms with Crippen LogP contribution in [0.4, 0.5) is 10.1 Å². The molecule has 1 amide bonds. The minimum Gasteiger partial charge on any atom is -0.330 e. The Hall–Kier alpha value is -1.49. The number of hydrogen-bond donors (Lipinski definition) is 2. The van der Waals surface area contributed by atoms with Crippen molar-refractivity contribution < 1.29 is 9.18 Å². The van der Waals surface area contributed by atoms with Gasteiger partial charge in [-0.25, -0.2) is 4.39 Å². The highest BCUT2D eigenvalue weighted by atomic mass is 19.1. The van der Waals surface area contributed by atoms with Gasteiger partial charge >= 0.3 is 0 Å². The third kappa shape index (κ3) is 4.79. The Balaban J connectivity index is 2.46. The van der Waals surface area contributed by atoms with Crippen LogP contribution in [0, 0.1) is 11.2 Å². The summed E-state index contributed by atoms with van der Waals surface area (Å²) < 4.78 is 13.3. The third-order valence-electron chi connectivity index (χ3n) is 2.90. The summed E-state index contributed by atoms with van der Waals surface area (Å²) in [6.07, 6.45) is 4.46. The van der Waals surface area contributed by atoms with Crippen LogP contribution in [0.1, 0.15) is 33.1 Å². The molecule has 0 aliphatic heterocycles. The summed E-state index contributed by atoms with van der Waals surface area (Å²) in [5, 5.41) is 2.54. The van der Waals surface area contributed by atoms with Crippen LogP contribution in [0.3, 0.4) is 0 Å². The molecule has 4 nitrogen and oxygen atoms in total. The molecule has 0 unspecified atom stereocenters. The largest absolute Gasteiger partial charge is 0.330 e. The molecule has 0 radical (unpaired) electrons. The number of rotatable bonds is 6. The van der Waals surface area contributed by atoms with E-state index in [1.54, 1.807) is 0 Å². The van der Waals surface area contributed by atoms with E-state index < -0.39 is 5.82 Å². The van der Waals surface area contributed by atoms with E-state index in [1.807, 2.05) is 0 Å². The van der Waals surface area contributed by atoms with E-state index in [2.05, 4.69) is 24.1 Å². The smallest absolute Gasteiger partial charge is 0.224 e. The minimum atomic E-state index is -0.521. The van der Waals surface area contributed by atoms with Crippen molar-refractivity contribution in [3.05, 3.63) is 24.3 Å². The number of halogens is 1. The lowest BCUT2D eigenvalue weighted by Gasteiger charge is -2.23. The van der Waals surface area contributed by atoms with Crippen molar-refractivity contribution in [1.82, 2.24) is 4.98 Å². The van der Waals surface area contributed by atoms with Gasteiger partial charge in [-0.2, -0.15) is 0 Å². The maximum atomic E-state index is 13.3. The Bertz CT molecular complexity index is 407. The lowest BCUT2D eigenvalue weighted by atomic mass is 9.84. The Labute approximate surface area is 107 Å². The summed E-state index contributed by atoms with van der Waals surface area (Å²) in [7, 11) is 0. The van der Waals surface area contributed by atoms with Crippen LogP contribution in [-0.2, 0) is 4.79 Å². The van der Waals surface area contributed by atoms with E-state index in [4.69, 9.17) is 5.73 Å². The van der Waals surface area contributed by atoms with Crippen LogP contribution in [0.25, 0.3) is 0 Å². The van der Waals surface area contributed by atoms with Gasteiger partial charge in [0.1, 0.15) is 0 Å². The Morgan fingerprint density at radius 1 is 1.50 bits per heavy atom. The van der Waals surface area contributed by atoms with Gasteiger partial charge in [0.25, 0.3) is 0 Å². The van der Waals surface area contributed by atoms with Crippen molar-refractivity contribution >= 4 is 11.6 Å². The molecule has 18 heavy (non-hydrogen) atoms. The molecule has 1 aromatic rings. The molecule has 0 aromatic carbocycles. The lowest BCUT2D eigenvalue weighted by Crippen LogP contribution is -2.21. The van der Waals surface area contributed by atoms with E-state index in [0.29, 0.717) is 13.0 Å². The van der Waals surface area contributed by atoms with Crippen molar-refractivity contribution in [2.24, 2.45) is 11.1 Å². The molecule has 1 heterocycles. The topological polar surface area (TPSA) is 68.0 Å². The van der Waals surface area contributed by atoms with Gasteiger partial charge < -0.3 is 11.1 Å². The number of nitrogens with two attached hydrogens (primary N) is 1. The van der Waals surface area contributed by atoms with E-state index in [-0.39, 0.29) is 17.0 Å². The molecule has 0 saturated heterocycles. The van der Waals surface area contributed by atoms with Gasteiger partial charge in [-0.15, -0.1) is 0 Å². The molecule has 3 N–H and O–H groups in total. The Kier molecular flexibility index (Phi) is 5.22. The van der Waals surface area contributed by atoms with Crippen LogP contribution >= 0.6 is 0 Å². The minimum absolute atomic E-state index is 0.0306. The van der Waals surface area contributed by atoms with Gasteiger partial charge in [-0.1, -0.05) is 13.8 Å². The molecule has 0 fully saturated rings. The lowest BCUT2D eigenvalue weighted by molar-refractivity contribution is -0.116. The maximum Gasteiger partial charge on any atom is 0.224 e. The molecule has 0 spiro atoms. The molecule has 0 bridgehead atoms. The summed E-state index contributed by atoms with van der Waals surface area (Å²) in [6, 6.07) is 1.44. The number of aromatic nitrogens is 1. The van der Waals surface area contributed by atoms with Crippen molar-refractivity contribution in [2.75, 3.05) is 11.9 Å². The van der Waals surface area contributed by atoms with Crippen molar-refractivity contribution in [1.29, 1.82) is 0 Å². The molecule has 0 aliphatic rings. The van der Waals surface area contributed by atoms with Crippen LogP contribution in [0.5, 0.6) is 0 Å². The number of nitrogens with zero attached hydrogens (tertiary/aromatic N) is 1. The first-order valence-electron chi connectivity index (χ1n) is 6.04. The molecule has 1 rings (SSSR count). The Morgan fingerprint density at radius 3 is 2.83 bits per heavy atom. The number of amides is 1. The number of carbonyl (C=O) groups excluding carboxylic acids is 1. The zero-order valence-corrected chi connectivity index (χ0v) is 10.9. The van der Waals surface area contributed by atoms with Crippen LogP contribution in [0.2, 0.25) is 0 Å². The van der Waals surface area contributed by atoms with Gasteiger partial charge in [0.15, 0.2) is 5.82 Å². The van der Waals surface area contributed by atoms with E-state index in [0.717, 1.165) is 19.0 Å². The van der Waals surface area contributed by atoms with Crippen LogP contribution in [0.15, 0.2) is 18.5 Å². The average Bonchev–Trinajstić information content (AvgIpc) is 2.30. The first-order valence-corrected chi connectivity index (χ1v) is 6.04. The highest BCUT2D eigenvalue weighted by molar-refractivity contribution is 5.90. The predicted octanol–water partition coefficient (Wildman–Crippen LogP) is 2.31. The summed E-state index contributed by atoms with van der Waals surface area (Å²) in [4.78, 5) is 15.3. The first-order chi connectivity index (χ1) is 8.44. The van der Waals surface area contributed by atoms with Gasteiger partial charge in [0.05, 0.1) is 11.9 Å². The second-order valence-corrected chi connectivity index (χ2v) is 5.11. The zero-order chi connectivity index (χ0) is 13.6. The second-order valence-electron chi connectivity index (χ2n) is 5.11. The quantitative estimate of drug-likeness (QED) is 0.817. The van der Waals surface area contributed by atoms with E-state index in [1.165, 1.54) is 12.3 Å². The molecule has 0 aliphatic carbocycles. The van der Waals surface area contributed by atoms with E-state index in [9.17, 15) is 9.18 Å². The summed E-state index contributed by atoms with van der Waals surface area (Å²) in [5.41, 5.74) is 5.71. The predicted molar refractivity (Wildman–Crippen MR) is 69.5 cm³/mol. The SMILES string of the molecule is CC(C)(CCN)CCC(=O)Nc1ccncc1F. The molecule has 0 saturated carbocycles. The van der Waals surface area contributed by atoms with Gasteiger partial charge in [0.2, 0.25) is 5.91 Å².